The van der Waals surface area contributed by atoms with Gasteiger partial charge in [0.2, 0.25) is 17.7 Å². The minimum absolute atomic E-state index is 0.0469. The Morgan fingerprint density at radius 2 is 1.69 bits per heavy atom. The van der Waals surface area contributed by atoms with E-state index in [0.717, 1.165) is 11.6 Å². The quantitative estimate of drug-likeness (QED) is 0.0739. The van der Waals surface area contributed by atoms with E-state index in [1.165, 1.54) is 24.3 Å². The van der Waals surface area contributed by atoms with Crippen LogP contribution in [0.5, 0.6) is 0 Å². The molecule has 0 aliphatic heterocycles. The van der Waals surface area contributed by atoms with Gasteiger partial charge in [0.05, 0.1) is 28.5 Å². The number of pyridine rings is 1. The number of alkyl halides is 3. The van der Waals surface area contributed by atoms with Crippen LogP contribution in [0.25, 0.3) is 10.9 Å². The highest BCUT2D eigenvalue weighted by Crippen LogP contribution is 2.40. The number of H-pyrrole nitrogens is 1. The standard InChI is InChI=1S/C40H46F4N6O3S/c1-5-23(3)33(48-32(51)19-26-12-7-8-15-30(26)41)36(52)50-39(17-16-31-28(20-39)27-13-9-14-29(35(27)47-31)40(42,43)44)38(53)49-34(24(4)6-2)37(54)46-22-25-11-10-18-45-21-25/h7-15,18,21,23-24,33-34,47H,5-6,16-17,19-20,22H2,1-4H3,(H,46,54)(H,48,51)(H,49,53)(H,50,52)/t23?,24-,33-,34?,39+/m0/s1. The first-order valence-corrected chi connectivity index (χ1v) is 18.6. The molecule has 54 heavy (non-hydrogen) atoms. The Morgan fingerprint density at radius 3 is 2.35 bits per heavy atom. The Balaban J connectivity index is 1.49. The molecule has 5 rings (SSSR count). The number of thiocarbonyl (C=S) groups is 1. The van der Waals surface area contributed by atoms with E-state index in [-0.39, 0.29) is 42.7 Å². The van der Waals surface area contributed by atoms with Crippen molar-refractivity contribution in [3.63, 3.8) is 0 Å². The highest BCUT2D eigenvalue weighted by Gasteiger charge is 2.47. The number of hydrogen-bond acceptors (Lipinski definition) is 5. The van der Waals surface area contributed by atoms with Crippen molar-refractivity contribution in [1.29, 1.82) is 0 Å². The van der Waals surface area contributed by atoms with Gasteiger partial charge in [-0.1, -0.05) is 89.2 Å². The van der Waals surface area contributed by atoms with Gasteiger partial charge >= 0.3 is 6.18 Å². The average Bonchev–Trinajstić information content (AvgIpc) is 3.52. The molecule has 2 aromatic heterocycles. The SMILES string of the molecule is CCC(C)[C@H](NC(=O)Cc1ccccc1F)C(=O)N[C@]1(C(=O)NC(C(=S)NCc2cccnc2)[C@@H](C)CC)CCc2[nH]c3c(C(F)(F)F)cccc3c2C1. The third kappa shape index (κ3) is 9.08. The Labute approximate surface area is 317 Å². The molecule has 0 fully saturated rings. The lowest BCUT2D eigenvalue weighted by Crippen LogP contribution is -2.67. The third-order valence-electron chi connectivity index (χ3n) is 10.5. The maximum atomic E-state index is 14.8. The van der Waals surface area contributed by atoms with Gasteiger partial charge < -0.3 is 26.3 Å². The molecule has 0 spiro atoms. The molecular formula is C40H46F4N6O3S. The van der Waals surface area contributed by atoms with Crippen LogP contribution in [-0.4, -0.2) is 50.3 Å². The smallest absolute Gasteiger partial charge is 0.374 e. The largest absolute Gasteiger partial charge is 0.418 e. The van der Waals surface area contributed by atoms with Gasteiger partial charge in [-0.05, 0) is 59.6 Å². The van der Waals surface area contributed by atoms with Gasteiger partial charge in [0.15, 0.2) is 0 Å². The lowest BCUT2D eigenvalue weighted by molar-refractivity contribution is -0.137. The highest BCUT2D eigenvalue weighted by molar-refractivity contribution is 7.80. The monoisotopic (exact) mass is 766 g/mol. The van der Waals surface area contributed by atoms with Gasteiger partial charge in [-0.3, -0.25) is 19.4 Å². The Hall–Kier alpha value is -4.85. The lowest BCUT2D eigenvalue weighted by Gasteiger charge is -2.40. The molecule has 4 aromatic rings. The van der Waals surface area contributed by atoms with Crippen molar-refractivity contribution in [2.75, 3.05) is 0 Å². The van der Waals surface area contributed by atoms with Crippen molar-refractivity contribution in [2.45, 2.75) is 96.6 Å². The number of aromatic nitrogens is 2. The van der Waals surface area contributed by atoms with E-state index in [9.17, 15) is 31.9 Å². The summed E-state index contributed by atoms with van der Waals surface area (Å²) in [6.07, 6.45) is -0.365. The van der Waals surface area contributed by atoms with Crippen molar-refractivity contribution in [2.24, 2.45) is 11.8 Å². The van der Waals surface area contributed by atoms with E-state index in [0.29, 0.717) is 41.0 Å². The molecule has 0 saturated carbocycles. The molecular weight excluding hydrogens is 721 g/mol. The lowest BCUT2D eigenvalue weighted by atomic mass is 9.78. The van der Waals surface area contributed by atoms with E-state index < -0.39 is 58.8 Å². The zero-order valence-electron chi connectivity index (χ0n) is 30.7. The number of para-hydroxylation sites is 1. The van der Waals surface area contributed by atoms with E-state index >= 15 is 0 Å². The van der Waals surface area contributed by atoms with Gasteiger partial charge in [0, 0.05) is 36.4 Å². The maximum absolute atomic E-state index is 14.8. The predicted octanol–water partition coefficient (Wildman–Crippen LogP) is 6.49. The number of carbonyl (C=O) groups is 3. The van der Waals surface area contributed by atoms with Crippen LogP contribution in [0.4, 0.5) is 17.6 Å². The second-order valence-corrected chi connectivity index (χ2v) is 14.6. The van der Waals surface area contributed by atoms with Crippen LogP contribution in [-0.2, 0) is 46.4 Å². The van der Waals surface area contributed by atoms with Crippen LogP contribution < -0.4 is 21.3 Å². The summed E-state index contributed by atoms with van der Waals surface area (Å²) >= 11 is 5.81. The van der Waals surface area contributed by atoms with Gasteiger partial charge in [0.1, 0.15) is 17.4 Å². The average molecular weight is 767 g/mol. The molecule has 288 valence electrons. The van der Waals surface area contributed by atoms with Gasteiger partial charge in [-0.25, -0.2) is 4.39 Å². The number of aryl methyl sites for hydroxylation is 1. The van der Waals surface area contributed by atoms with Crippen LogP contribution in [0.1, 0.15) is 74.9 Å². The second kappa shape index (κ2) is 17.1. The Kier molecular flexibility index (Phi) is 12.8. The van der Waals surface area contributed by atoms with Gasteiger partial charge in [-0.15, -0.1) is 0 Å². The van der Waals surface area contributed by atoms with Crippen molar-refractivity contribution in [3.8, 4) is 0 Å². The number of aromatic amines is 1. The molecule has 3 amide bonds. The topological polar surface area (TPSA) is 128 Å². The number of benzene rings is 2. The van der Waals surface area contributed by atoms with Crippen LogP contribution in [0.15, 0.2) is 67.0 Å². The molecule has 5 N–H and O–H groups in total. The summed E-state index contributed by atoms with van der Waals surface area (Å²) in [6, 6.07) is 11.7. The molecule has 0 radical (unpaired) electrons. The fourth-order valence-corrected chi connectivity index (χ4v) is 7.27. The molecule has 2 aromatic carbocycles. The number of nitrogens with zero attached hydrogens (tertiary/aromatic N) is 1. The summed E-state index contributed by atoms with van der Waals surface area (Å²) in [6.45, 7) is 7.89. The second-order valence-electron chi connectivity index (χ2n) is 14.2. The fraction of sp³-hybridized carbons (Fsp3) is 0.425. The number of carbonyl (C=O) groups excluding carboxylic acids is 3. The molecule has 14 heteroatoms. The normalized spacial score (nSPS) is 17.8. The number of fused-ring (bicyclic) bond motifs is 3. The molecule has 2 unspecified atom stereocenters. The number of rotatable bonds is 14. The highest BCUT2D eigenvalue weighted by atomic mass is 32.1. The Bertz CT molecular complexity index is 1990. The summed E-state index contributed by atoms with van der Waals surface area (Å²) in [4.78, 5) is 49.8. The maximum Gasteiger partial charge on any atom is 0.418 e. The first kappa shape index (κ1) is 40.3. The first-order valence-electron chi connectivity index (χ1n) is 18.2. The number of hydrogen-bond donors (Lipinski definition) is 5. The summed E-state index contributed by atoms with van der Waals surface area (Å²) in [7, 11) is 0. The summed E-state index contributed by atoms with van der Waals surface area (Å²) < 4.78 is 56.6. The van der Waals surface area contributed by atoms with Gasteiger partial charge in [0.25, 0.3) is 0 Å². The molecule has 0 saturated heterocycles. The third-order valence-corrected chi connectivity index (χ3v) is 10.9. The Morgan fingerprint density at radius 1 is 0.963 bits per heavy atom. The van der Waals surface area contributed by atoms with Crippen LogP contribution in [0, 0.1) is 17.7 Å². The fourth-order valence-electron chi connectivity index (χ4n) is 6.90. The minimum Gasteiger partial charge on any atom is -0.374 e. The van der Waals surface area contributed by atoms with E-state index in [2.05, 4.69) is 31.2 Å². The molecule has 2 heterocycles. The van der Waals surface area contributed by atoms with Crippen LogP contribution >= 0.6 is 12.2 Å². The molecule has 0 bridgehead atoms. The first-order chi connectivity index (χ1) is 25.7. The van der Waals surface area contributed by atoms with Crippen molar-refractivity contribution in [1.82, 2.24) is 31.2 Å². The summed E-state index contributed by atoms with van der Waals surface area (Å²) in [5, 5.41) is 12.4. The number of nitrogens with one attached hydrogen (secondary N) is 5. The molecule has 9 nitrogen and oxygen atoms in total. The molecule has 1 aliphatic rings. The predicted molar refractivity (Wildman–Crippen MR) is 203 cm³/mol. The summed E-state index contributed by atoms with van der Waals surface area (Å²) in [5.74, 6) is -2.86. The number of amides is 3. The van der Waals surface area contributed by atoms with Crippen LogP contribution in [0.3, 0.4) is 0 Å². The van der Waals surface area contributed by atoms with Crippen molar-refractivity contribution >= 4 is 45.8 Å². The molecule has 5 atom stereocenters. The van der Waals surface area contributed by atoms with Crippen molar-refractivity contribution in [3.05, 3.63) is 101 Å². The van der Waals surface area contributed by atoms with E-state index in [4.69, 9.17) is 12.2 Å². The summed E-state index contributed by atoms with van der Waals surface area (Å²) in [5.41, 5.74) is -0.486. The van der Waals surface area contributed by atoms with Crippen LogP contribution in [0.2, 0.25) is 0 Å². The van der Waals surface area contributed by atoms with Crippen molar-refractivity contribution < 1.29 is 31.9 Å². The van der Waals surface area contributed by atoms with E-state index in [1.54, 1.807) is 37.5 Å². The van der Waals surface area contributed by atoms with E-state index in [1.807, 2.05) is 26.8 Å². The zero-order valence-corrected chi connectivity index (χ0v) is 31.5. The minimum atomic E-state index is -4.62. The zero-order chi connectivity index (χ0) is 39.2. The van der Waals surface area contributed by atoms with Gasteiger partial charge in [-0.2, -0.15) is 13.2 Å². The molecule has 1 aliphatic carbocycles. The number of halogens is 4.